The van der Waals surface area contributed by atoms with Gasteiger partial charge in [-0.25, -0.2) is 4.79 Å². The molecule has 148 valence electrons. The minimum atomic E-state index is -0.660. The number of nitrogens with one attached hydrogen (secondary N) is 3. The van der Waals surface area contributed by atoms with Crippen molar-refractivity contribution in [3.63, 3.8) is 0 Å². The molecule has 0 aliphatic rings. The van der Waals surface area contributed by atoms with Crippen molar-refractivity contribution in [2.45, 2.75) is 6.92 Å². The quantitative estimate of drug-likeness (QED) is 0.488. The molecule has 4 N–H and O–H groups in total. The first-order chi connectivity index (χ1) is 13.5. The zero-order chi connectivity index (χ0) is 20.4. The van der Waals surface area contributed by atoms with E-state index in [0.717, 1.165) is 0 Å². The van der Waals surface area contributed by atoms with Crippen LogP contribution in [0.4, 0.5) is 11.4 Å². The fraction of sp³-hybridized carbons (Fsp3) is 0.250. The number of aliphatic hydroxyl groups is 1. The van der Waals surface area contributed by atoms with Crippen molar-refractivity contribution < 1.29 is 24.2 Å². The molecule has 0 radical (unpaired) electrons. The molecule has 8 nitrogen and oxygen atoms in total. The van der Waals surface area contributed by atoms with Crippen LogP contribution in [-0.4, -0.2) is 49.2 Å². The molecule has 0 fully saturated rings. The SMILES string of the molecule is CCNC(=O)c1cccc(NC(=O)COC(=O)c2ccccc2NCCO)c1. The summed E-state index contributed by atoms with van der Waals surface area (Å²) >= 11 is 0. The number of hydrogen-bond donors (Lipinski definition) is 4. The summed E-state index contributed by atoms with van der Waals surface area (Å²) in [5.74, 6) is -1.42. The van der Waals surface area contributed by atoms with Crippen LogP contribution in [0, 0.1) is 0 Å². The Morgan fingerprint density at radius 1 is 1.07 bits per heavy atom. The van der Waals surface area contributed by atoms with E-state index in [9.17, 15) is 14.4 Å². The first-order valence-corrected chi connectivity index (χ1v) is 8.84. The molecular weight excluding hydrogens is 362 g/mol. The van der Waals surface area contributed by atoms with Crippen LogP contribution in [0.2, 0.25) is 0 Å². The zero-order valence-corrected chi connectivity index (χ0v) is 15.5. The number of carbonyl (C=O) groups is 3. The third-order valence-electron chi connectivity index (χ3n) is 3.65. The highest BCUT2D eigenvalue weighted by molar-refractivity contribution is 5.99. The minimum absolute atomic E-state index is 0.0822. The molecule has 0 spiro atoms. The predicted octanol–water partition coefficient (Wildman–Crippen LogP) is 1.64. The Morgan fingerprint density at radius 2 is 1.86 bits per heavy atom. The number of carbonyl (C=O) groups excluding carboxylic acids is 3. The van der Waals surface area contributed by atoms with Gasteiger partial charge in [0.15, 0.2) is 6.61 Å². The normalized spacial score (nSPS) is 10.1. The lowest BCUT2D eigenvalue weighted by Crippen LogP contribution is -2.24. The molecule has 0 bridgehead atoms. The van der Waals surface area contributed by atoms with Crippen LogP contribution in [0.25, 0.3) is 0 Å². The Bertz CT molecular complexity index is 838. The van der Waals surface area contributed by atoms with Crippen molar-refractivity contribution in [3.05, 3.63) is 59.7 Å². The van der Waals surface area contributed by atoms with Gasteiger partial charge in [-0.1, -0.05) is 18.2 Å². The third kappa shape index (κ3) is 6.10. The van der Waals surface area contributed by atoms with Crippen molar-refractivity contribution in [2.24, 2.45) is 0 Å². The molecule has 0 atom stereocenters. The average molecular weight is 385 g/mol. The van der Waals surface area contributed by atoms with E-state index in [2.05, 4.69) is 16.0 Å². The van der Waals surface area contributed by atoms with Crippen LogP contribution in [0.3, 0.4) is 0 Å². The Labute approximate surface area is 162 Å². The molecule has 0 aromatic heterocycles. The standard InChI is InChI=1S/C20H23N3O5/c1-2-21-19(26)14-6-5-7-15(12-14)23-18(25)13-28-20(27)16-8-3-4-9-17(16)22-10-11-24/h3-9,12,22,24H,2,10-11,13H2,1H3,(H,21,26)(H,23,25). The molecule has 2 aromatic carbocycles. The van der Waals surface area contributed by atoms with Gasteiger partial charge in [0.2, 0.25) is 0 Å². The Balaban J connectivity index is 1.93. The molecule has 0 saturated heterocycles. The second-order valence-corrected chi connectivity index (χ2v) is 5.76. The molecule has 0 unspecified atom stereocenters. The highest BCUT2D eigenvalue weighted by atomic mass is 16.5. The molecule has 0 aliphatic heterocycles. The van der Waals surface area contributed by atoms with Gasteiger partial charge in [0, 0.05) is 30.0 Å². The number of aliphatic hydroxyl groups excluding tert-OH is 1. The van der Waals surface area contributed by atoms with Gasteiger partial charge in [0.1, 0.15) is 0 Å². The molecule has 2 amide bonds. The largest absolute Gasteiger partial charge is 0.452 e. The third-order valence-corrected chi connectivity index (χ3v) is 3.65. The van der Waals surface area contributed by atoms with Gasteiger partial charge >= 0.3 is 5.97 Å². The van der Waals surface area contributed by atoms with Gasteiger partial charge in [0.25, 0.3) is 11.8 Å². The molecule has 2 rings (SSSR count). The molecule has 28 heavy (non-hydrogen) atoms. The maximum atomic E-state index is 12.2. The fourth-order valence-electron chi connectivity index (χ4n) is 2.41. The highest BCUT2D eigenvalue weighted by Crippen LogP contribution is 2.16. The monoisotopic (exact) mass is 385 g/mol. The Hall–Kier alpha value is -3.39. The molecule has 0 aliphatic carbocycles. The lowest BCUT2D eigenvalue weighted by Gasteiger charge is -2.11. The fourth-order valence-corrected chi connectivity index (χ4v) is 2.41. The van der Waals surface area contributed by atoms with E-state index in [1.807, 2.05) is 6.92 Å². The number of amides is 2. The van der Waals surface area contributed by atoms with Gasteiger partial charge in [-0.15, -0.1) is 0 Å². The predicted molar refractivity (Wildman–Crippen MR) is 105 cm³/mol. The van der Waals surface area contributed by atoms with E-state index < -0.39 is 18.5 Å². The van der Waals surface area contributed by atoms with Crippen molar-refractivity contribution >= 4 is 29.2 Å². The summed E-state index contributed by atoms with van der Waals surface area (Å²) in [6, 6.07) is 13.1. The molecule has 0 heterocycles. The smallest absolute Gasteiger partial charge is 0.340 e. The number of hydrogen-bond acceptors (Lipinski definition) is 6. The highest BCUT2D eigenvalue weighted by Gasteiger charge is 2.14. The lowest BCUT2D eigenvalue weighted by atomic mass is 10.2. The summed E-state index contributed by atoms with van der Waals surface area (Å²) in [5.41, 5.74) is 1.62. The van der Waals surface area contributed by atoms with Gasteiger partial charge in [-0.2, -0.15) is 0 Å². The summed E-state index contributed by atoms with van der Waals surface area (Å²) in [5, 5.41) is 17.1. The van der Waals surface area contributed by atoms with Crippen LogP contribution in [-0.2, 0) is 9.53 Å². The summed E-state index contributed by atoms with van der Waals surface area (Å²) in [7, 11) is 0. The van der Waals surface area contributed by atoms with Gasteiger partial charge in [-0.3, -0.25) is 9.59 Å². The van der Waals surface area contributed by atoms with E-state index in [1.165, 1.54) is 0 Å². The van der Waals surface area contributed by atoms with Crippen LogP contribution >= 0.6 is 0 Å². The van der Waals surface area contributed by atoms with Crippen molar-refractivity contribution in [3.8, 4) is 0 Å². The van der Waals surface area contributed by atoms with Gasteiger partial charge in [-0.05, 0) is 37.3 Å². The first kappa shape index (κ1) is 20.9. The van der Waals surface area contributed by atoms with Gasteiger partial charge < -0.3 is 25.8 Å². The molecule has 0 saturated carbocycles. The second kappa shape index (κ2) is 10.7. The molecule has 2 aromatic rings. The summed E-state index contributed by atoms with van der Waals surface area (Å²) < 4.78 is 5.07. The van der Waals surface area contributed by atoms with Crippen molar-refractivity contribution in [2.75, 3.05) is 36.9 Å². The maximum absolute atomic E-state index is 12.2. The Kier molecular flexibility index (Phi) is 7.98. The lowest BCUT2D eigenvalue weighted by molar-refractivity contribution is -0.119. The Morgan fingerprint density at radius 3 is 2.61 bits per heavy atom. The topological polar surface area (TPSA) is 117 Å². The van der Waals surface area contributed by atoms with E-state index >= 15 is 0 Å². The second-order valence-electron chi connectivity index (χ2n) is 5.76. The van der Waals surface area contributed by atoms with E-state index in [0.29, 0.717) is 23.5 Å². The van der Waals surface area contributed by atoms with E-state index in [4.69, 9.17) is 9.84 Å². The zero-order valence-electron chi connectivity index (χ0n) is 15.5. The number of rotatable bonds is 9. The molecular formula is C20H23N3O5. The summed E-state index contributed by atoms with van der Waals surface area (Å²) in [6.45, 7) is 2.04. The maximum Gasteiger partial charge on any atom is 0.340 e. The number of esters is 1. The first-order valence-electron chi connectivity index (χ1n) is 8.84. The van der Waals surface area contributed by atoms with E-state index in [-0.39, 0.29) is 24.6 Å². The summed E-state index contributed by atoms with van der Waals surface area (Å²) in [4.78, 5) is 36.2. The summed E-state index contributed by atoms with van der Waals surface area (Å²) in [6.07, 6.45) is 0. The molecule has 8 heteroatoms. The average Bonchev–Trinajstić information content (AvgIpc) is 2.71. The van der Waals surface area contributed by atoms with E-state index in [1.54, 1.807) is 48.5 Å². The number of ether oxygens (including phenoxy) is 1. The number of benzene rings is 2. The van der Waals surface area contributed by atoms with Crippen LogP contribution in [0.1, 0.15) is 27.6 Å². The van der Waals surface area contributed by atoms with Crippen LogP contribution in [0.15, 0.2) is 48.5 Å². The minimum Gasteiger partial charge on any atom is -0.452 e. The number of para-hydroxylation sites is 1. The van der Waals surface area contributed by atoms with Gasteiger partial charge in [0.05, 0.1) is 12.2 Å². The van der Waals surface area contributed by atoms with Crippen molar-refractivity contribution in [1.29, 1.82) is 0 Å². The van der Waals surface area contributed by atoms with Crippen LogP contribution < -0.4 is 16.0 Å². The van der Waals surface area contributed by atoms with Crippen LogP contribution in [0.5, 0.6) is 0 Å². The number of anilines is 2. The van der Waals surface area contributed by atoms with Crippen molar-refractivity contribution in [1.82, 2.24) is 5.32 Å².